The molecule has 0 bridgehead atoms. The minimum Gasteiger partial charge on any atom is -0.355 e. The first kappa shape index (κ1) is 13.0. The standard InChI is InChI=1S/C11H21N3O2/c1-8-6-12-7-9(8)11(16)13-5-4-10(15)14(2)3/h8-9,12H,4-7H2,1-3H3,(H,13,16)/t8-,9-/m1/s1. The van der Waals surface area contributed by atoms with E-state index in [2.05, 4.69) is 17.6 Å². The van der Waals surface area contributed by atoms with Crippen molar-refractivity contribution in [2.45, 2.75) is 13.3 Å². The van der Waals surface area contributed by atoms with Gasteiger partial charge in [-0.1, -0.05) is 6.92 Å². The van der Waals surface area contributed by atoms with Crippen molar-refractivity contribution in [3.05, 3.63) is 0 Å². The average Bonchev–Trinajstić information content (AvgIpc) is 2.64. The predicted octanol–water partition coefficient (Wildman–Crippen LogP) is -0.564. The summed E-state index contributed by atoms with van der Waals surface area (Å²) in [6.07, 6.45) is 0.368. The van der Waals surface area contributed by atoms with E-state index in [1.807, 2.05) is 0 Å². The second-order valence-corrected chi connectivity index (χ2v) is 4.57. The Labute approximate surface area is 96.6 Å². The Bertz CT molecular complexity index is 266. The van der Waals surface area contributed by atoms with E-state index < -0.39 is 0 Å². The third-order valence-electron chi connectivity index (χ3n) is 2.99. The maximum Gasteiger partial charge on any atom is 0.224 e. The number of nitrogens with one attached hydrogen (secondary N) is 2. The van der Waals surface area contributed by atoms with Crippen molar-refractivity contribution in [3.63, 3.8) is 0 Å². The summed E-state index contributed by atoms with van der Waals surface area (Å²) in [7, 11) is 3.43. The number of nitrogens with zero attached hydrogens (tertiary/aromatic N) is 1. The maximum absolute atomic E-state index is 11.7. The molecule has 0 radical (unpaired) electrons. The van der Waals surface area contributed by atoms with Crippen LogP contribution in [0, 0.1) is 11.8 Å². The van der Waals surface area contributed by atoms with Gasteiger partial charge in [-0.25, -0.2) is 0 Å². The fourth-order valence-electron chi connectivity index (χ4n) is 1.81. The first-order valence-electron chi connectivity index (χ1n) is 5.71. The van der Waals surface area contributed by atoms with Crippen molar-refractivity contribution in [1.82, 2.24) is 15.5 Å². The highest BCUT2D eigenvalue weighted by molar-refractivity contribution is 5.81. The van der Waals surface area contributed by atoms with Gasteiger partial charge in [0.05, 0.1) is 5.92 Å². The lowest BCUT2D eigenvalue weighted by atomic mass is 9.97. The van der Waals surface area contributed by atoms with Crippen LogP contribution in [0.4, 0.5) is 0 Å². The van der Waals surface area contributed by atoms with E-state index in [4.69, 9.17) is 0 Å². The molecule has 2 N–H and O–H groups in total. The Morgan fingerprint density at radius 1 is 1.38 bits per heavy atom. The van der Waals surface area contributed by atoms with Crippen LogP contribution in [0.5, 0.6) is 0 Å². The summed E-state index contributed by atoms with van der Waals surface area (Å²) in [5.41, 5.74) is 0. The van der Waals surface area contributed by atoms with Gasteiger partial charge in [-0.05, 0) is 12.5 Å². The molecule has 16 heavy (non-hydrogen) atoms. The lowest BCUT2D eigenvalue weighted by Gasteiger charge is -2.15. The quantitative estimate of drug-likeness (QED) is 0.676. The SMILES string of the molecule is C[C@@H]1CNC[C@H]1C(=O)NCCC(=O)N(C)C. The van der Waals surface area contributed by atoms with Crippen molar-refractivity contribution in [3.8, 4) is 0 Å². The van der Waals surface area contributed by atoms with Crippen LogP contribution in [0.25, 0.3) is 0 Å². The summed E-state index contributed by atoms with van der Waals surface area (Å²) in [4.78, 5) is 24.5. The maximum atomic E-state index is 11.7. The molecule has 1 fully saturated rings. The number of rotatable bonds is 4. The highest BCUT2D eigenvalue weighted by Crippen LogP contribution is 2.15. The number of amides is 2. The third-order valence-corrected chi connectivity index (χ3v) is 2.99. The molecular formula is C11H21N3O2. The van der Waals surface area contributed by atoms with Crippen molar-refractivity contribution in [2.75, 3.05) is 33.7 Å². The van der Waals surface area contributed by atoms with E-state index in [9.17, 15) is 9.59 Å². The molecule has 0 aromatic carbocycles. The zero-order valence-electron chi connectivity index (χ0n) is 10.2. The molecule has 5 heteroatoms. The molecule has 92 valence electrons. The van der Waals surface area contributed by atoms with Gasteiger partial charge >= 0.3 is 0 Å². The van der Waals surface area contributed by atoms with Crippen molar-refractivity contribution in [2.24, 2.45) is 11.8 Å². The van der Waals surface area contributed by atoms with E-state index in [1.54, 1.807) is 14.1 Å². The van der Waals surface area contributed by atoms with Gasteiger partial charge in [0.15, 0.2) is 0 Å². The zero-order valence-corrected chi connectivity index (χ0v) is 10.2. The Hall–Kier alpha value is -1.10. The molecule has 0 spiro atoms. The molecule has 2 atom stereocenters. The second kappa shape index (κ2) is 5.84. The number of hydrogen-bond acceptors (Lipinski definition) is 3. The second-order valence-electron chi connectivity index (χ2n) is 4.57. The van der Waals surface area contributed by atoms with Gasteiger partial charge in [0.1, 0.15) is 0 Å². The molecule has 0 saturated carbocycles. The molecule has 0 aliphatic carbocycles. The van der Waals surface area contributed by atoms with Gasteiger partial charge in [-0.3, -0.25) is 9.59 Å². The topological polar surface area (TPSA) is 61.4 Å². The molecule has 2 amide bonds. The molecule has 5 nitrogen and oxygen atoms in total. The van der Waals surface area contributed by atoms with Gasteiger partial charge in [-0.15, -0.1) is 0 Å². The summed E-state index contributed by atoms with van der Waals surface area (Å²) >= 11 is 0. The van der Waals surface area contributed by atoms with Gasteiger partial charge in [0.25, 0.3) is 0 Å². The van der Waals surface area contributed by atoms with Gasteiger partial charge in [0.2, 0.25) is 11.8 Å². The summed E-state index contributed by atoms with van der Waals surface area (Å²) in [5, 5.41) is 6.00. The highest BCUT2D eigenvalue weighted by Gasteiger charge is 2.29. The van der Waals surface area contributed by atoms with Crippen LogP contribution >= 0.6 is 0 Å². The van der Waals surface area contributed by atoms with Crippen LogP contribution in [0.1, 0.15) is 13.3 Å². The largest absolute Gasteiger partial charge is 0.355 e. The van der Waals surface area contributed by atoms with E-state index in [0.717, 1.165) is 13.1 Å². The fraction of sp³-hybridized carbons (Fsp3) is 0.818. The zero-order chi connectivity index (χ0) is 12.1. The Kier molecular flexibility index (Phi) is 4.73. The van der Waals surface area contributed by atoms with Crippen LogP contribution in [-0.2, 0) is 9.59 Å². The van der Waals surface area contributed by atoms with Crippen LogP contribution in [0.3, 0.4) is 0 Å². The van der Waals surface area contributed by atoms with Crippen molar-refractivity contribution >= 4 is 11.8 Å². The first-order valence-corrected chi connectivity index (χ1v) is 5.71. The van der Waals surface area contributed by atoms with E-state index >= 15 is 0 Å². The lowest BCUT2D eigenvalue weighted by Crippen LogP contribution is -2.36. The predicted molar refractivity (Wildman–Crippen MR) is 61.8 cm³/mol. The Morgan fingerprint density at radius 2 is 2.06 bits per heavy atom. The highest BCUT2D eigenvalue weighted by atomic mass is 16.2. The minimum atomic E-state index is 0.0397. The molecule has 0 aromatic heterocycles. The Balaban J connectivity index is 2.22. The smallest absolute Gasteiger partial charge is 0.224 e. The van der Waals surface area contributed by atoms with Crippen molar-refractivity contribution in [1.29, 1.82) is 0 Å². The molecule has 1 saturated heterocycles. The molecular weight excluding hydrogens is 206 g/mol. The van der Waals surface area contributed by atoms with Crippen LogP contribution in [0.2, 0.25) is 0 Å². The van der Waals surface area contributed by atoms with Crippen LogP contribution < -0.4 is 10.6 Å². The molecule has 1 aliphatic rings. The molecule has 0 aromatic rings. The average molecular weight is 227 g/mol. The summed E-state index contributed by atoms with van der Waals surface area (Å²) in [6, 6.07) is 0. The molecule has 1 heterocycles. The van der Waals surface area contributed by atoms with Crippen molar-refractivity contribution < 1.29 is 9.59 Å². The monoisotopic (exact) mass is 227 g/mol. The fourth-order valence-corrected chi connectivity index (χ4v) is 1.81. The number of hydrogen-bond donors (Lipinski definition) is 2. The number of carbonyl (C=O) groups excluding carboxylic acids is 2. The lowest BCUT2D eigenvalue weighted by molar-refractivity contribution is -0.129. The molecule has 0 unspecified atom stereocenters. The summed E-state index contributed by atoms with van der Waals surface area (Å²) < 4.78 is 0. The van der Waals surface area contributed by atoms with E-state index in [0.29, 0.717) is 18.9 Å². The van der Waals surface area contributed by atoms with Crippen LogP contribution in [0.15, 0.2) is 0 Å². The van der Waals surface area contributed by atoms with E-state index in [-0.39, 0.29) is 17.7 Å². The van der Waals surface area contributed by atoms with E-state index in [1.165, 1.54) is 4.90 Å². The normalized spacial score (nSPS) is 24.2. The summed E-state index contributed by atoms with van der Waals surface area (Å²) in [6.45, 7) is 4.14. The van der Waals surface area contributed by atoms with Gasteiger partial charge in [-0.2, -0.15) is 0 Å². The van der Waals surface area contributed by atoms with Crippen LogP contribution in [-0.4, -0.2) is 50.4 Å². The first-order chi connectivity index (χ1) is 7.52. The Morgan fingerprint density at radius 3 is 2.56 bits per heavy atom. The molecule has 1 aliphatic heterocycles. The van der Waals surface area contributed by atoms with Gasteiger partial charge < -0.3 is 15.5 Å². The summed E-state index contributed by atoms with van der Waals surface area (Å²) in [5.74, 6) is 0.529. The molecule has 1 rings (SSSR count). The number of carbonyl (C=O) groups is 2. The third kappa shape index (κ3) is 3.48. The minimum absolute atomic E-state index is 0.0397. The van der Waals surface area contributed by atoms with Gasteiger partial charge in [0, 0.05) is 33.6 Å².